The highest BCUT2D eigenvalue weighted by atomic mass is 32.2. The van der Waals surface area contributed by atoms with E-state index in [0.29, 0.717) is 47.8 Å². The van der Waals surface area contributed by atoms with E-state index in [1.807, 2.05) is 17.0 Å². The molecule has 1 aliphatic rings. The molecule has 6 nitrogen and oxygen atoms in total. The highest BCUT2D eigenvalue weighted by Crippen LogP contribution is 2.27. The van der Waals surface area contributed by atoms with Crippen LogP contribution in [0.15, 0.2) is 53.7 Å². The number of aryl methyl sites for hydroxylation is 1. The maximum absolute atomic E-state index is 14.4. The monoisotopic (exact) mass is 414 g/mol. The van der Waals surface area contributed by atoms with Crippen molar-refractivity contribution in [2.75, 3.05) is 31.1 Å². The molecular weight excluding hydrogens is 391 g/mol. The number of sulfonamides is 1. The quantitative estimate of drug-likeness (QED) is 0.641. The number of hydrogen-bond donors (Lipinski definition) is 0. The first kappa shape index (κ1) is 19.7. The number of aromatic nitrogens is 2. The minimum atomic E-state index is -3.55. The van der Waals surface area contributed by atoms with Gasteiger partial charge in [-0.05, 0) is 36.2 Å². The molecule has 0 N–H and O–H groups in total. The van der Waals surface area contributed by atoms with Gasteiger partial charge in [0.2, 0.25) is 10.0 Å². The summed E-state index contributed by atoms with van der Waals surface area (Å²) in [5.41, 5.74) is 1.67. The number of rotatable bonds is 5. The van der Waals surface area contributed by atoms with E-state index in [1.165, 1.54) is 16.7 Å². The summed E-state index contributed by atoms with van der Waals surface area (Å²) in [5, 5.41) is 0.373. The van der Waals surface area contributed by atoms with Gasteiger partial charge in [0.1, 0.15) is 18.0 Å². The average molecular weight is 415 g/mol. The van der Waals surface area contributed by atoms with Crippen LogP contribution >= 0.6 is 0 Å². The van der Waals surface area contributed by atoms with Gasteiger partial charge < -0.3 is 4.90 Å². The largest absolute Gasteiger partial charge is 0.353 e. The van der Waals surface area contributed by atoms with Crippen LogP contribution in [-0.2, 0) is 16.4 Å². The van der Waals surface area contributed by atoms with Crippen LogP contribution in [0.25, 0.3) is 10.9 Å². The van der Waals surface area contributed by atoms with Crippen molar-refractivity contribution < 1.29 is 12.8 Å². The molecule has 0 atom stereocenters. The summed E-state index contributed by atoms with van der Waals surface area (Å²) in [6.45, 7) is 3.61. The Bertz CT molecular complexity index is 1110. The fourth-order valence-corrected chi connectivity index (χ4v) is 5.12. The molecule has 0 unspecified atom stereocenters. The van der Waals surface area contributed by atoms with E-state index < -0.39 is 10.0 Å². The summed E-state index contributed by atoms with van der Waals surface area (Å²) < 4.78 is 41.8. The first-order chi connectivity index (χ1) is 14.0. The second-order valence-corrected chi connectivity index (χ2v) is 9.05. The molecule has 0 bridgehead atoms. The summed E-state index contributed by atoms with van der Waals surface area (Å²) in [4.78, 5) is 10.6. The van der Waals surface area contributed by atoms with Crippen LogP contribution < -0.4 is 4.90 Å². The normalized spacial score (nSPS) is 15.7. The van der Waals surface area contributed by atoms with Gasteiger partial charge in [-0.25, -0.2) is 22.8 Å². The van der Waals surface area contributed by atoms with Gasteiger partial charge in [-0.2, -0.15) is 4.31 Å². The van der Waals surface area contributed by atoms with Crippen molar-refractivity contribution in [3.05, 3.63) is 60.2 Å². The Balaban J connectivity index is 1.52. The third kappa shape index (κ3) is 3.82. The summed E-state index contributed by atoms with van der Waals surface area (Å²) in [7, 11) is -3.55. The molecule has 1 aromatic heterocycles. The standard InChI is InChI=1S/C21H23FN4O2S/c1-2-4-16-7-9-17(10-8-16)29(27,28)26-13-11-25(12-14-26)21-20-18(22)5-3-6-19(20)23-15-24-21/h3,5-10,15H,2,4,11-14H2,1H3. The third-order valence-electron chi connectivity index (χ3n) is 5.23. The Morgan fingerprint density at radius 1 is 1.00 bits per heavy atom. The van der Waals surface area contributed by atoms with Gasteiger partial charge in [-0.3, -0.25) is 0 Å². The maximum atomic E-state index is 14.4. The number of anilines is 1. The molecular formula is C21H23FN4O2S. The maximum Gasteiger partial charge on any atom is 0.243 e. The molecule has 152 valence electrons. The van der Waals surface area contributed by atoms with Crippen LogP contribution in [-0.4, -0.2) is 48.9 Å². The molecule has 29 heavy (non-hydrogen) atoms. The van der Waals surface area contributed by atoms with E-state index in [4.69, 9.17) is 0 Å². The second kappa shape index (κ2) is 8.04. The van der Waals surface area contributed by atoms with E-state index in [2.05, 4.69) is 16.9 Å². The lowest BCUT2D eigenvalue weighted by Crippen LogP contribution is -2.49. The zero-order chi connectivity index (χ0) is 20.4. The van der Waals surface area contributed by atoms with Crippen molar-refractivity contribution in [2.24, 2.45) is 0 Å². The van der Waals surface area contributed by atoms with Gasteiger partial charge in [-0.1, -0.05) is 31.5 Å². The Morgan fingerprint density at radius 3 is 2.41 bits per heavy atom. The Hall–Kier alpha value is -2.58. The van der Waals surface area contributed by atoms with Gasteiger partial charge in [0.15, 0.2) is 0 Å². The van der Waals surface area contributed by atoms with Crippen molar-refractivity contribution in [3.8, 4) is 0 Å². The summed E-state index contributed by atoms with van der Waals surface area (Å²) >= 11 is 0. The molecule has 2 aromatic carbocycles. The topological polar surface area (TPSA) is 66.4 Å². The molecule has 8 heteroatoms. The SMILES string of the molecule is CCCc1ccc(S(=O)(=O)N2CCN(c3ncnc4cccc(F)c34)CC2)cc1. The number of nitrogens with zero attached hydrogens (tertiary/aromatic N) is 4. The van der Waals surface area contributed by atoms with Crippen molar-refractivity contribution in [1.29, 1.82) is 0 Å². The zero-order valence-electron chi connectivity index (χ0n) is 16.3. The lowest BCUT2D eigenvalue weighted by Gasteiger charge is -2.35. The number of benzene rings is 2. The van der Waals surface area contributed by atoms with E-state index in [1.54, 1.807) is 24.3 Å². The lowest BCUT2D eigenvalue weighted by atomic mass is 10.1. The molecule has 0 aliphatic carbocycles. The molecule has 3 aromatic rings. The molecule has 2 heterocycles. The van der Waals surface area contributed by atoms with Gasteiger partial charge >= 0.3 is 0 Å². The van der Waals surface area contributed by atoms with Crippen molar-refractivity contribution in [2.45, 2.75) is 24.7 Å². The smallest absolute Gasteiger partial charge is 0.243 e. The van der Waals surface area contributed by atoms with E-state index in [0.717, 1.165) is 18.4 Å². The second-order valence-electron chi connectivity index (χ2n) is 7.12. The molecule has 0 amide bonds. The van der Waals surface area contributed by atoms with Crippen LogP contribution in [0.3, 0.4) is 0 Å². The molecule has 1 aliphatic heterocycles. The van der Waals surface area contributed by atoms with Crippen LogP contribution in [0.1, 0.15) is 18.9 Å². The Morgan fingerprint density at radius 2 is 1.72 bits per heavy atom. The number of halogens is 1. The van der Waals surface area contributed by atoms with Gasteiger partial charge in [0.25, 0.3) is 0 Å². The highest BCUT2D eigenvalue weighted by Gasteiger charge is 2.29. The van der Waals surface area contributed by atoms with Crippen molar-refractivity contribution in [3.63, 3.8) is 0 Å². The highest BCUT2D eigenvalue weighted by molar-refractivity contribution is 7.89. The van der Waals surface area contributed by atoms with Crippen LogP contribution in [0.4, 0.5) is 10.2 Å². The minimum absolute atomic E-state index is 0.310. The predicted octanol–water partition coefficient (Wildman–Crippen LogP) is 3.23. The first-order valence-corrected chi connectivity index (χ1v) is 11.2. The summed E-state index contributed by atoms with van der Waals surface area (Å²) in [5.74, 6) is 0.134. The molecule has 1 saturated heterocycles. The van der Waals surface area contributed by atoms with Gasteiger partial charge in [0.05, 0.1) is 15.8 Å². The van der Waals surface area contributed by atoms with Gasteiger partial charge in [-0.15, -0.1) is 0 Å². The first-order valence-electron chi connectivity index (χ1n) is 9.74. The Kier molecular flexibility index (Phi) is 5.47. The Labute approximate surface area is 170 Å². The average Bonchev–Trinajstić information content (AvgIpc) is 2.74. The van der Waals surface area contributed by atoms with E-state index >= 15 is 0 Å². The molecule has 4 rings (SSSR count). The minimum Gasteiger partial charge on any atom is -0.353 e. The summed E-state index contributed by atoms with van der Waals surface area (Å²) in [6.07, 6.45) is 3.37. The third-order valence-corrected chi connectivity index (χ3v) is 7.14. The summed E-state index contributed by atoms with van der Waals surface area (Å²) in [6, 6.07) is 11.9. The fraction of sp³-hybridized carbons (Fsp3) is 0.333. The van der Waals surface area contributed by atoms with Crippen LogP contribution in [0.2, 0.25) is 0 Å². The number of fused-ring (bicyclic) bond motifs is 1. The number of piperazine rings is 1. The van der Waals surface area contributed by atoms with E-state index in [9.17, 15) is 12.8 Å². The number of hydrogen-bond acceptors (Lipinski definition) is 5. The van der Waals surface area contributed by atoms with Crippen LogP contribution in [0, 0.1) is 5.82 Å². The molecule has 1 fully saturated rings. The van der Waals surface area contributed by atoms with Gasteiger partial charge in [0, 0.05) is 26.2 Å². The van der Waals surface area contributed by atoms with Crippen LogP contribution in [0.5, 0.6) is 0 Å². The fourth-order valence-electron chi connectivity index (χ4n) is 3.70. The zero-order valence-corrected chi connectivity index (χ0v) is 17.1. The lowest BCUT2D eigenvalue weighted by molar-refractivity contribution is 0.384. The molecule has 0 radical (unpaired) electrons. The van der Waals surface area contributed by atoms with Crippen molar-refractivity contribution >= 4 is 26.7 Å². The van der Waals surface area contributed by atoms with Crippen molar-refractivity contribution in [1.82, 2.24) is 14.3 Å². The van der Waals surface area contributed by atoms with E-state index in [-0.39, 0.29) is 5.82 Å². The molecule has 0 saturated carbocycles. The predicted molar refractivity (Wildman–Crippen MR) is 111 cm³/mol. The molecule has 0 spiro atoms.